The molecular formula is C11H11N3O2. The lowest BCUT2D eigenvalue weighted by Gasteiger charge is -2.04. The van der Waals surface area contributed by atoms with Crippen LogP contribution >= 0.6 is 0 Å². The van der Waals surface area contributed by atoms with Crippen LogP contribution in [0.3, 0.4) is 0 Å². The van der Waals surface area contributed by atoms with Crippen LogP contribution in [0.25, 0.3) is 11.3 Å². The second-order valence-electron chi connectivity index (χ2n) is 3.26. The molecule has 0 amide bonds. The highest BCUT2D eigenvalue weighted by Gasteiger charge is 2.05. The molecule has 0 spiro atoms. The highest BCUT2D eigenvalue weighted by atomic mass is 16.5. The molecule has 5 nitrogen and oxygen atoms in total. The number of rotatable bonds is 2. The van der Waals surface area contributed by atoms with Gasteiger partial charge in [0.25, 0.3) is 5.56 Å². The van der Waals surface area contributed by atoms with Crippen molar-refractivity contribution in [2.75, 3.05) is 12.8 Å². The number of benzene rings is 1. The van der Waals surface area contributed by atoms with E-state index in [-0.39, 0.29) is 5.56 Å². The highest BCUT2D eigenvalue weighted by Crippen LogP contribution is 2.23. The van der Waals surface area contributed by atoms with Crippen LogP contribution in [0.2, 0.25) is 0 Å². The van der Waals surface area contributed by atoms with Gasteiger partial charge in [0.15, 0.2) is 0 Å². The third kappa shape index (κ3) is 1.88. The largest absolute Gasteiger partial charge is 0.497 e. The Morgan fingerprint density at radius 1 is 1.31 bits per heavy atom. The molecule has 1 aromatic carbocycles. The molecule has 82 valence electrons. The van der Waals surface area contributed by atoms with Crippen LogP contribution in [-0.4, -0.2) is 17.3 Å². The van der Waals surface area contributed by atoms with Gasteiger partial charge < -0.3 is 10.5 Å². The molecule has 0 atom stereocenters. The maximum absolute atomic E-state index is 11.0. The van der Waals surface area contributed by atoms with E-state index in [4.69, 9.17) is 10.5 Å². The quantitative estimate of drug-likeness (QED) is 0.787. The Morgan fingerprint density at radius 2 is 2.00 bits per heavy atom. The number of ether oxygens (including phenoxy) is 1. The SMILES string of the molecule is COc1ccc(-c2n[nH]c(=O)cc2N)cc1. The van der Waals surface area contributed by atoms with Crippen molar-refractivity contribution >= 4 is 5.69 Å². The van der Waals surface area contributed by atoms with Crippen molar-refractivity contribution < 1.29 is 4.74 Å². The third-order valence-corrected chi connectivity index (χ3v) is 2.20. The Kier molecular flexibility index (Phi) is 2.59. The summed E-state index contributed by atoms with van der Waals surface area (Å²) >= 11 is 0. The number of nitrogens with one attached hydrogen (secondary N) is 1. The van der Waals surface area contributed by atoms with Crippen molar-refractivity contribution in [2.24, 2.45) is 0 Å². The maximum Gasteiger partial charge on any atom is 0.266 e. The van der Waals surface area contributed by atoms with Crippen LogP contribution in [0.1, 0.15) is 0 Å². The number of methoxy groups -OCH3 is 1. The predicted molar refractivity (Wildman–Crippen MR) is 61.3 cm³/mol. The minimum atomic E-state index is -0.310. The number of aromatic nitrogens is 2. The number of hydrogen-bond acceptors (Lipinski definition) is 4. The highest BCUT2D eigenvalue weighted by molar-refractivity contribution is 5.71. The van der Waals surface area contributed by atoms with Gasteiger partial charge in [0, 0.05) is 11.6 Å². The van der Waals surface area contributed by atoms with E-state index in [2.05, 4.69) is 10.2 Å². The van der Waals surface area contributed by atoms with Gasteiger partial charge in [-0.2, -0.15) is 5.10 Å². The van der Waals surface area contributed by atoms with Gasteiger partial charge >= 0.3 is 0 Å². The van der Waals surface area contributed by atoms with Gasteiger partial charge in [0.1, 0.15) is 11.4 Å². The molecule has 0 saturated carbocycles. The monoisotopic (exact) mass is 217 g/mol. The topological polar surface area (TPSA) is 81.0 Å². The summed E-state index contributed by atoms with van der Waals surface area (Å²) in [6.07, 6.45) is 0. The van der Waals surface area contributed by atoms with Gasteiger partial charge in [-0.05, 0) is 24.3 Å². The standard InChI is InChI=1S/C11H11N3O2/c1-16-8-4-2-7(3-5-8)11-9(12)6-10(15)13-14-11/h2-6H,1H3,(H3,12,13,15). The molecule has 1 aromatic heterocycles. The number of anilines is 1. The molecule has 0 aliphatic heterocycles. The summed E-state index contributed by atoms with van der Waals surface area (Å²) in [4.78, 5) is 11.0. The lowest BCUT2D eigenvalue weighted by molar-refractivity contribution is 0.415. The van der Waals surface area contributed by atoms with E-state index >= 15 is 0 Å². The summed E-state index contributed by atoms with van der Waals surface area (Å²) in [7, 11) is 1.60. The Bertz CT molecular complexity index is 546. The van der Waals surface area contributed by atoms with E-state index in [1.165, 1.54) is 6.07 Å². The maximum atomic E-state index is 11.0. The molecule has 2 aromatic rings. The lowest BCUT2D eigenvalue weighted by atomic mass is 10.1. The predicted octanol–water partition coefficient (Wildman–Crippen LogP) is 1.03. The summed E-state index contributed by atoms with van der Waals surface area (Å²) in [5, 5.41) is 6.25. The van der Waals surface area contributed by atoms with Crippen molar-refractivity contribution in [1.29, 1.82) is 0 Å². The van der Waals surface area contributed by atoms with Gasteiger partial charge in [-0.1, -0.05) is 0 Å². The number of nitrogens with two attached hydrogens (primary N) is 1. The number of nitrogen functional groups attached to an aromatic ring is 1. The molecule has 2 rings (SSSR count). The van der Waals surface area contributed by atoms with Crippen LogP contribution in [-0.2, 0) is 0 Å². The van der Waals surface area contributed by atoms with Crippen molar-refractivity contribution in [2.45, 2.75) is 0 Å². The van der Waals surface area contributed by atoms with Crippen molar-refractivity contribution in [3.8, 4) is 17.0 Å². The Morgan fingerprint density at radius 3 is 2.56 bits per heavy atom. The second kappa shape index (κ2) is 4.06. The minimum absolute atomic E-state index is 0.310. The fraction of sp³-hybridized carbons (Fsp3) is 0.0909. The molecule has 0 unspecified atom stereocenters. The molecule has 0 aliphatic rings. The first-order valence-corrected chi connectivity index (χ1v) is 4.70. The summed E-state index contributed by atoms with van der Waals surface area (Å²) in [5.74, 6) is 0.756. The first-order chi connectivity index (χ1) is 7.70. The van der Waals surface area contributed by atoms with Crippen LogP contribution in [0.15, 0.2) is 35.1 Å². The van der Waals surface area contributed by atoms with E-state index in [1.54, 1.807) is 7.11 Å². The zero-order chi connectivity index (χ0) is 11.5. The average molecular weight is 217 g/mol. The fourth-order valence-electron chi connectivity index (χ4n) is 1.40. The molecule has 5 heteroatoms. The van der Waals surface area contributed by atoms with Crippen LogP contribution in [0.4, 0.5) is 5.69 Å². The number of H-pyrrole nitrogens is 1. The first kappa shape index (κ1) is 10.2. The molecule has 1 heterocycles. The summed E-state index contributed by atoms with van der Waals surface area (Å²) in [5.41, 5.74) is 7.14. The summed E-state index contributed by atoms with van der Waals surface area (Å²) < 4.78 is 5.04. The molecule has 16 heavy (non-hydrogen) atoms. The molecule has 0 radical (unpaired) electrons. The van der Waals surface area contributed by atoms with Gasteiger partial charge in [0.2, 0.25) is 0 Å². The van der Waals surface area contributed by atoms with Crippen molar-refractivity contribution in [3.63, 3.8) is 0 Å². The molecular weight excluding hydrogens is 206 g/mol. The normalized spacial score (nSPS) is 10.1. The smallest absolute Gasteiger partial charge is 0.266 e. The molecule has 0 fully saturated rings. The first-order valence-electron chi connectivity index (χ1n) is 4.70. The summed E-state index contributed by atoms with van der Waals surface area (Å²) in [6.45, 7) is 0. The molecule has 0 saturated heterocycles. The van der Waals surface area contributed by atoms with Gasteiger partial charge in [-0.25, -0.2) is 5.10 Å². The van der Waals surface area contributed by atoms with E-state index in [1.807, 2.05) is 24.3 Å². The van der Waals surface area contributed by atoms with Gasteiger partial charge in [-0.15, -0.1) is 0 Å². The average Bonchev–Trinajstić information content (AvgIpc) is 2.29. The van der Waals surface area contributed by atoms with E-state index < -0.39 is 0 Å². The number of nitrogens with zero attached hydrogens (tertiary/aromatic N) is 1. The van der Waals surface area contributed by atoms with Gasteiger partial charge in [-0.3, -0.25) is 4.79 Å². The third-order valence-electron chi connectivity index (χ3n) is 2.20. The lowest BCUT2D eigenvalue weighted by Crippen LogP contribution is -2.09. The molecule has 3 N–H and O–H groups in total. The molecule has 0 bridgehead atoms. The zero-order valence-electron chi connectivity index (χ0n) is 8.73. The number of aromatic amines is 1. The fourth-order valence-corrected chi connectivity index (χ4v) is 1.40. The van der Waals surface area contributed by atoms with E-state index in [0.29, 0.717) is 11.4 Å². The van der Waals surface area contributed by atoms with Crippen LogP contribution < -0.4 is 16.0 Å². The Labute approximate surface area is 91.9 Å². The van der Waals surface area contributed by atoms with E-state index in [0.717, 1.165) is 11.3 Å². The molecule has 0 aliphatic carbocycles. The summed E-state index contributed by atoms with van der Waals surface area (Å²) in [6, 6.07) is 8.58. The van der Waals surface area contributed by atoms with Crippen molar-refractivity contribution in [1.82, 2.24) is 10.2 Å². The van der Waals surface area contributed by atoms with E-state index in [9.17, 15) is 4.79 Å². The zero-order valence-corrected chi connectivity index (χ0v) is 8.73. The number of hydrogen-bond donors (Lipinski definition) is 2. The van der Waals surface area contributed by atoms with Crippen LogP contribution in [0, 0.1) is 0 Å². The second-order valence-corrected chi connectivity index (χ2v) is 3.26. The Balaban J connectivity index is 2.46. The minimum Gasteiger partial charge on any atom is -0.497 e. The van der Waals surface area contributed by atoms with Crippen LogP contribution in [0.5, 0.6) is 5.75 Å². The Hall–Kier alpha value is -2.30. The van der Waals surface area contributed by atoms with Gasteiger partial charge in [0.05, 0.1) is 12.8 Å². The van der Waals surface area contributed by atoms with Crippen molar-refractivity contribution in [3.05, 3.63) is 40.7 Å².